The molecular weight excluding hydrogens is 118 g/mol. The van der Waals surface area contributed by atoms with Crippen LogP contribution in [-0.2, 0) is 9.53 Å². The largest absolute Gasteiger partial charge is 0.380 e. The molecule has 0 saturated heterocycles. The van der Waals surface area contributed by atoms with Gasteiger partial charge in [0, 0.05) is 12.6 Å². The quantitative estimate of drug-likeness (QED) is 0.540. The summed E-state index contributed by atoms with van der Waals surface area (Å²) in [6.07, 6.45) is 0.684. The Morgan fingerprint density at radius 3 is 2.89 bits per heavy atom. The summed E-state index contributed by atoms with van der Waals surface area (Å²) in [4.78, 5) is 9.81. The lowest BCUT2D eigenvalue weighted by molar-refractivity contribution is -0.110. The molecule has 1 amide bonds. The fraction of sp³-hybridized carbons (Fsp3) is 0.833. The van der Waals surface area contributed by atoms with E-state index in [0.717, 1.165) is 0 Å². The molecule has 0 aliphatic heterocycles. The lowest BCUT2D eigenvalue weighted by Crippen LogP contribution is -2.29. The van der Waals surface area contributed by atoms with Crippen molar-refractivity contribution in [2.45, 2.75) is 19.9 Å². The van der Waals surface area contributed by atoms with Crippen molar-refractivity contribution in [3.8, 4) is 0 Å². The van der Waals surface area contributed by atoms with Crippen molar-refractivity contribution in [1.29, 1.82) is 0 Å². The van der Waals surface area contributed by atoms with Gasteiger partial charge in [-0.05, 0) is 13.8 Å². The minimum absolute atomic E-state index is 0.127. The van der Waals surface area contributed by atoms with Crippen LogP contribution in [0, 0.1) is 0 Å². The van der Waals surface area contributed by atoms with Crippen LogP contribution in [-0.4, -0.2) is 25.7 Å². The second-order valence-corrected chi connectivity index (χ2v) is 1.85. The van der Waals surface area contributed by atoms with Crippen molar-refractivity contribution in [2.75, 3.05) is 13.2 Å². The topological polar surface area (TPSA) is 38.3 Å². The standard InChI is InChI=1S/C6H13NO2/c1-3-9-4-6(2)7-5-8/h5-6H,3-4H2,1-2H3,(H,7,8). The first-order chi connectivity index (χ1) is 4.31. The van der Waals surface area contributed by atoms with E-state index in [-0.39, 0.29) is 6.04 Å². The average Bonchev–Trinajstić information content (AvgIpc) is 1.85. The van der Waals surface area contributed by atoms with Crippen molar-refractivity contribution < 1.29 is 9.53 Å². The molecule has 0 spiro atoms. The molecular formula is C6H13NO2. The Hall–Kier alpha value is -0.570. The predicted octanol–water partition coefficient (Wildman–Crippen LogP) is 0.157. The summed E-state index contributed by atoms with van der Waals surface area (Å²) in [6, 6.07) is 0.127. The molecule has 0 radical (unpaired) electrons. The zero-order valence-electron chi connectivity index (χ0n) is 5.89. The number of hydrogen-bond donors (Lipinski definition) is 1. The third kappa shape index (κ3) is 5.30. The summed E-state index contributed by atoms with van der Waals surface area (Å²) in [5.74, 6) is 0. The number of hydrogen-bond acceptors (Lipinski definition) is 2. The summed E-state index contributed by atoms with van der Waals surface area (Å²) in [7, 11) is 0. The van der Waals surface area contributed by atoms with Crippen molar-refractivity contribution in [2.24, 2.45) is 0 Å². The van der Waals surface area contributed by atoms with Crippen LogP contribution in [0.5, 0.6) is 0 Å². The van der Waals surface area contributed by atoms with Crippen LogP contribution in [0.1, 0.15) is 13.8 Å². The smallest absolute Gasteiger partial charge is 0.207 e. The molecule has 0 aliphatic carbocycles. The first-order valence-corrected chi connectivity index (χ1v) is 3.08. The van der Waals surface area contributed by atoms with Gasteiger partial charge >= 0.3 is 0 Å². The lowest BCUT2D eigenvalue weighted by Gasteiger charge is -2.08. The average molecular weight is 131 g/mol. The first kappa shape index (κ1) is 8.43. The number of carbonyl (C=O) groups excluding carboxylic acids is 1. The summed E-state index contributed by atoms with van der Waals surface area (Å²) in [5, 5.41) is 2.57. The van der Waals surface area contributed by atoms with Crippen LogP contribution in [0.25, 0.3) is 0 Å². The van der Waals surface area contributed by atoms with E-state index in [1.807, 2.05) is 13.8 Å². The monoisotopic (exact) mass is 131 g/mol. The highest BCUT2D eigenvalue weighted by atomic mass is 16.5. The van der Waals surface area contributed by atoms with E-state index in [4.69, 9.17) is 4.74 Å². The van der Waals surface area contributed by atoms with Crippen molar-refractivity contribution in [3.05, 3.63) is 0 Å². The Morgan fingerprint density at radius 2 is 2.44 bits per heavy atom. The highest BCUT2D eigenvalue weighted by molar-refractivity contribution is 5.46. The second kappa shape index (κ2) is 5.56. The molecule has 54 valence electrons. The Labute approximate surface area is 55.4 Å². The van der Waals surface area contributed by atoms with E-state index in [1.54, 1.807) is 0 Å². The van der Waals surface area contributed by atoms with Gasteiger partial charge in [0.05, 0.1) is 6.61 Å². The second-order valence-electron chi connectivity index (χ2n) is 1.85. The van der Waals surface area contributed by atoms with Gasteiger partial charge in [-0.1, -0.05) is 0 Å². The predicted molar refractivity (Wildman–Crippen MR) is 35.2 cm³/mol. The normalized spacial score (nSPS) is 12.7. The Kier molecular flexibility index (Phi) is 5.21. The summed E-state index contributed by atoms with van der Waals surface area (Å²) >= 11 is 0. The van der Waals surface area contributed by atoms with E-state index in [9.17, 15) is 4.79 Å². The van der Waals surface area contributed by atoms with E-state index in [0.29, 0.717) is 19.6 Å². The van der Waals surface area contributed by atoms with Crippen LogP contribution in [0.2, 0.25) is 0 Å². The first-order valence-electron chi connectivity index (χ1n) is 3.08. The SMILES string of the molecule is CCOCC(C)NC=O. The zero-order valence-corrected chi connectivity index (χ0v) is 5.89. The van der Waals surface area contributed by atoms with Crippen molar-refractivity contribution in [3.63, 3.8) is 0 Å². The van der Waals surface area contributed by atoms with Gasteiger partial charge in [-0.2, -0.15) is 0 Å². The van der Waals surface area contributed by atoms with Crippen molar-refractivity contribution >= 4 is 6.41 Å². The maximum atomic E-state index is 9.81. The number of amides is 1. The van der Waals surface area contributed by atoms with Gasteiger partial charge in [0.25, 0.3) is 0 Å². The van der Waals surface area contributed by atoms with Gasteiger partial charge in [0.1, 0.15) is 0 Å². The Bertz CT molecular complexity index is 75.5. The van der Waals surface area contributed by atoms with E-state index >= 15 is 0 Å². The summed E-state index contributed by atoms with van der Waals surface area (Å²) in [6.45, 7) is 5.11. The molecule has 1 N–H and O–H groups in total. The highest BCUT2D eigenvalue weighted by Crippen LogP contribution is 1.80. The minimum Gasteiger partial charge on any atom is -0.380 e. The molecule has 0 bridgehead atoms. The molecule has 0 aromatic rings. The molecule has 1 atom stereocenters. The molecule has 0 heterocycles. The van der Waals surface area contributed by atoms with Crippen LogP contribution in [0.3, 0.4) is 0 Å². The maximum absolute atomic E-state index is 9.81. The third-order valence-electron chi connectivity index (χ3n) is 0.925. The maximum Gasteiger partial charge on any atom is 0.207 e. The number of nitrogens with one attached hydrogen (secondary N) is 1. The summed E-state index contributed by atoms with van der Waals surface area (Å²) < 4.78 is 5.03. The van der Waals surface area contributed by atoms with Gasteiger partial charge < -0.3 is 10.1 Å². The van der Waals surface area contributed by atoms with E-state index in [1.165, 1.54) is 0 Å². The van der Waals surface area contributed by atoms with E-state index in [2.05, 4.69) is 5.32 Å². The molecule has 9 heavy (non-hydrogen) atoms. The van der Waals surface area contributed by atoms with Crippen LogP contribution in [0.4, 0.5) is 0 Å². The number of rotatable bonds is 5. The molecule has 0 rings (SSSR count). The highest BCUT2D eigenvalue weighted by Gasteiger charge is 1.95. The fourth-order valence-electron chi connectivity index (χ4n) is 0.459. The van der Waals surface area contributed by atoms with Gasteiger partial charge in [0.2, 0.25) is 6.41 Å². The van der Waals surface area contributed by atoms with Gasteiger partial charge in [-0.3, -0.25) is 4.79 Å². The minimum atomic E-state index is 0.127. The van der Waals surface area contributed by atoms with Crippen LogP contribution >= 0.6 is 0 Å². The molecule has 1 unspecified atom stereocenters. The molecule has 0 aromatic heterocycles. The van der Waals surface area contributed by atoms with Crippen LogP contribution in [0.15, 0.2) is 0 Å². The summed E-state index contributed by atoms with van der Waals surface area (Å²) in [5.41, 5.74) is 0. The third-order valence-corrected chi connectivity index (χ3v) is 0.925. The molecule has 3 heteroatoms. The Balaban J connectivity index is 3.04. The molecule has 0 saturated carbocycles. The van der Waals surface area contributed by atoms with Gasteiger partial charge in [0.15, 0.2) is 0 Å². The van der Waals surface area contributed by atoms with Crippen LogP contribution < -0.4 is 5.32 Å². The van der Waals surface area contributed by atoms with Gasteiger partial charge in [-0.25, -0.2) is 0 Å². The molecule has 3 nitrogen and oxygen atoms in total. The zero-order chi connectivity index (χ0) is 7.11. The molecule has 0 aliphatic rings. The molecule has 0 fully saturated rings. The lowest BCUT2D eigenvalue weighted by atomic mass is 10.4. The fourth-order valence-corrected chi connectivity index (χ4v) is 0.459. The number of ether oxygens (including phenoxy) is 1. The molecule has 0 aromatic carbocycles. The van der Waals surface area contributed by atoms with Gasteiger partial charge in [-0.15, -0.1) is 0 Å². The van der Waals surface area contributed by atoms with Crippen molar-refractivity contribution in [1.82, 2.24) is 5.32 Å². The Morgan fingerprint density at radius 1 is 1.78 bits per heavy atom. The van der Waals surface area contributed by atoms with E-state index < -0.39 is 0 Å². The number of carbonyl (C=O) groups is 1.